The second kappa shape index (κ2) is 9.66. The fraction of sp³-hybridized carbons (Fsp3) is 0.375. The molecule has 2 heterocycles. The minimum Gasteiger partial charge on any atom is -0.354 e. The quantitative estimate of drug-likeness (QED) is 0.533. The van der Waals surface area contributed by atoms with E-state index in [0.717, 1.165) is 37.4 Å². The minimum absolute atomic E-state index is 0.226. The molecule has 0 atom stereocenters. The van der Waals surface area contributed by atoms with Crippen molar-refractivity contribution in [2.24, 2.45) is 5.92 Å². The smallest absolute Gasteiger partial charge is 0.262 e. The molecule has 0 aliphatic carbocycles. The lowest BCUT2D eigenvalue weighted by atomic mass is 9.96. The number of nitrogens with zero attached hydrogens (tertiary/aromatic N) is 2. The number of benzene rings is 2. The van der Waals surface area contributed by atoms with Gasteiger partial charge in [0, 0.05) is 18.0 Å². The summed E-state index contributed by atoms with van der Waals surface area (Å²) in [6.45, 7) is 3.31. The van der Waals surface area contributed by atoms with Crippen LogP contribution in [0.4, 0.5) is 0 Å². The molecule has 162 valence electrons. The Kier molecular flexibility index (Phi) is 6.73. The van der Waals surface area contributed by atoms with Crippen molar-refractivity contribution in [2.75, 3.05) is 32.4 Å². The average molecular weight is 438 g/mol. The number of hydrogen-bond donors (Lipinski definition) is 1. The van der Waals surface area contributed by atoms with Crippen LogP contribution >= 0.6 is 11.8 Å². The zero-order valence-electron chi connectivity index (χ0n) is 17.7. The first kappa shape index (κ1) is 21.6. The molecule has 31 heavy (non-hydrogen) atoms. The Bertz CT molecular complexity index is 951. The molecule has 0 unspecified atom stereocenters. The van der Waals surface area contributed by atoms with Crippen LogP contribution in [0.1, 0.15) is 39.1 Å². The Morgan fingerprint density at radius 2 is 1.61 bits per heavy atom. The van der Waals surface area contributed by atoms with E-state index in [1.165, 1.54) is 10.5 Å². The number of likely N-dealkylation sites (tertiary alicyclic amines) is 1. The van der Waals surface area contributed by atoms with Crippen molar-refractivity contribution in [3.63, 3.8) is 0 Å². The first-order chi connectivity index (χ1) is 15.1. The minimum atomic E-state index is -0.394. The number of thioether (sulfide) groups is 1. The van der Waals surface area contributed by atoms with E-state index in [2.05, 4.69) is 40.7 Å². The van der Waals surface area contributed by atoms with Crippen molar-refractivity contribution < 1.29 is 14.4 Å². The van der Waals surface area contributed by atoms with Gasteiger partial charge in [0.05, 0.1) is 11.1 Å². The van der Waals surface area contributed by atoms with Crippen LogP contribution in [0.25, 0.3) is 0 Å². The predicted octanol–water partition coefficient (Wildman–Crippen LogP) is 3.03. The molecule has 0 saturated carbocycles. The normalized spacial score (nSPS) is 17.1. The van der Waals surface area contributed by atoms with Crippen molar-refractivity contribution in [1.29, 1.82) is 0 Å². The number of nitrogens with one attached hydrogen (secondary N) is 1. The topological polar surface area (TPSA) is 69.7 Å². The van der Waals surface area contributed by atoms with Gasteiger partial charge in [-0.05, 0) is 61.9 Å². The Labute approximate surface area is 187 Å². The standard InChI is InChI=1S/C24H27N3O3S/c1-31-21-9-5-2-6-18(21)15-26-12-10-17(11-13-26)14-25-22(28)16-27-23(29)19-7-3-4-8-20(19)24(27)30/h2-9,17H,10-16H2,1H3,(H,25,28). The summed E-state index contributed by atoms with van der Waals surface area (Å²) in [6, 6.07) is 15.2. The molecule has 0 bridgehead atoms. The lowest BCUT2D eigenvalue weighted by molar-refractivity contribution is -0.121. The molecular formula is C24H27N3O3S. The van der Waals surface area contributed by atoms with Crippen molar-refractivity contribution in [3.05, 3.63) is 65.2 Å². The maximum atomic E-state index is 12.4. The highest BCUT2D eigenvalue weighted by molar-refractivity contribution is 7.98. The summed E-state index contributed by atoms with van der Waals surface area (Å²) in [6.07, 6.45) is 4.15. The van der Waals surface area contributed by atoms with Crippen LogP contribution in [0.5, 0.6) is 0 Å². The summed E-state index contributed by atoms with van der Waals surface area (Å²) in [5, 5.41) is 2.92. The Balaban J connectivity index is 1.22. The molecule has 7 heteroatoms. The molecule has 0 spiro atoms. The number of carbonyl (C=O) groups is 3. The fourth-order valence-electron chi connectivity index (χ4n) is 4.26. The molecule has 2 aliphatic heterocycles. The molecule has 6 nitrogen and oxygen atoms in total. The molecule has 2 aromatic carbocycles. The van der Waals surface area contributed by atoms with Gasteiger partial charge in [-0.2, -0.15) is 0 Å². The zero-order chi connectivity index (χ0) is 21.8. The molecule has 4 rings (SSSR count). The van der Waals surface area contributed by atoms with Gasteiger partial charge in [0.25, 0.3) is 11.8 Å². The highest BCUT2D eigenvalue weighted by atomic mass is 32.2. The fourth-order valence-corrected chi connectivity index (χ4v) is 4.87. The monoisotopic (exact) mass is 437 g/mol. The summed E-state index contributed by atoms with van der Waals surface area (Å²) in [7, 11) is 0. The maximum Gasteiger partial charge on any atom is 0.262 e. The van der Waals surface area contributed by atoms with Crippen molar-refractivity contribution >= 4 is 29.5 Å². The highest BCUT2D eigenvalue weighted by Crippen LogP contribution is 2.24. The first-order valence-corrected chi connectivity index (χ1v) is 11.9. The van der Waals surface area contributed by atoms with Crippen molar-refractivity contribution in [3.8, 4) is 0 Å². The molecule has 2 aromatic rings. The second-order valence-corrected chi connectivity index (χ2v) is 8.93. The van der Waals surface area contributed by atoms with Crippen LogP contribution in [0.2, 0.25) is 0 Å². The maximum absolute atomic E-state index is 12.4. The van der Waals surface area contributed by atoms with Gasteiger partial charge in [-0.15, -0.1) is 11.8 Å². The van der Waals surface area contributed by atoms with Crippen molar-refractivity contribution in [1.82, 2.24) is 15.1 Å². The number of hydrogen-bond acceptors (Lipinski definition) is 5. The summed E-state index contributed by atoms with van der Waals surface area (Å²) >= 11 is 1.78. The molecule has 1 fully saturated rings. The third-order valence-corrected chi connectivity index (χ3v) is 6.90. The number of rotatable bonds is 7. The van der Waals surface area contributed by atoms with E-state index >= 15 is 0 Å². The van der Waals surface area contributed by atoms with E-state index in [-0.39, 0.29) is 12.5 Å². The predicted molar refractivity (Wildman–Crippen MR) is 121 cm³/mol. The van der Waals surface area contributed by atoms with Crippen LogP contribution in [0.3, 0.4) is 0 Å². The van der Waals surface area contributed by atoms with Crippen LogP contribution in [0.15, 0.2) is 53.4 Å². The van der Waals surface area contributed by atoms with E-state index in [9.17, 15) is 14.4 Å². The molecule has 0 radical (unpaired) electrons. The highest BCUT2D eigenvalue weighted by Gasteiger charge is 2.36. The van der Waals surface area contributed by atoms with Gasteiger partial charge < -0.3 is 5.32 Å². The van der Waals surface area contributed by atoms with Gasteiger partial charge in [0.1, 0.15) is 6.54 Å². The average Bonchev–Trinajstić information content (AvgIpc) is 3.04. The van der Waals surface area contributed by atoms with E-state index in [4.69, 9.17) is 0 Å². The zero-order valence-corrected chi connectivity index (χ0v) is 18.5. The molecule has 2 aliphatic rings. The van der Waals surface area contributed by atoms with E-state index in [0.29, 0.717) is 23.6 Å². The largest absolute Gasteiger partial charge is 0.354 e. The Hall–Kier alpha value is -2.64. The van der Waals surface area contributed by atoms with Crippen LogP contribution in [0, 0.1) is 5.92 Å². The van der Waals surface area contributed by atoms with Gasteiger partial charge in [0.15, 0.2) is 0 Å². The van der Waals surface area contributed by atoms with Gasteiger partial charge in [-0.1, -0.05) is 30.3 Å². The third-order valence-electron chi connectivity index (χ3n) is 6.06. The molecule has 1 N–H and O–H groups in total. The number of fused-ring (bicyclic) bond motifs is 1. The molecule has 3 amide bonds. The number of piperidine rings is 1. The number of amides is 3. The van der Waals surface area contributed by atoms with E-state index in [1.807, 2.05) is 0 Å². The van der Waals surface area contributed by atoms with Crippen LogP contribution < -0.4 is 5.32 Å². The molecular weight excluding hydrogens is 410 g/mol. The number of carbonyl (C=O) groups excluding carboxylic acids is 3. The first-order valence-electron chi connectivity index (χ1n) is 10.6. The lowest BCUT2D eigenvalue weighted by Crippen LogP contribution is -2.43. The summed E-state index contributed by atoms with van der Waals surface area (Å²) in [5.74, 6) is -0.659. The number of imide groups is 1. The third kappa shape index (κ3) is 4.83. The SMILES string of the molecule is CSc1ccccc1CN1CCC(CNC(=O)CN2C(=O)c3ccccc3C2=O)CC1. The Morgan fingerprint density at radius 3 is 2.26 bits per heavy atom. The summed E-state index contributed by atoms with van der Waals surface area (Å²) < 4.78 is 0. The van der Waals surface area contributed by atoms with Gasteiger partial charge in [-0.25, -0.2) is 0 Å². The molecule has 1 saturated heterocycles. The summed E-state index contributed by atoms with van der Waals surface area (Å²) in [4.78, 5) is 42.0. The summed E-state index contributed by atoms with van der Waals surface area (Å²) in [5.41, 5.74) is 2.11. The van der Waals surface area contributed by atoms with Gasteiger partial charge in [-0.3, -0.25) is 24.2 Å². The molecule has 0 aromatic heterocycles. The van der Waals surface area contributed by atoms with Crippen molar-refractivity contribution in [2.45, 2.75) is 24.3 Å². The van der Waals surface area contributed by atoms with Gasteiger partial charge in [0.2, 0.25) is 5.91 Å². The van der Waals surface area contributed by atoms with Crippen LogP contribution in [-0.2, 0) is 11.3 Å². The lowest BCUT2D eigenvalue weighted by Gasteiger charge is -2.32. The van der Waals surface area contributed by atoms with Gasteiger partial charge >= 0.3 is 0 Å². The second-order valence-electron chi connectivity index (χ2n) is 8.08. The Morgan fingerprint density at radius 1 is 1.00 bits per heavy atom. The van der Waals surface area contributed by atoms with E-state index in [1.54, 1.807) is 36.0 Å². The van der Waals surface area contributed by atoms with E-state index < -0.39 is 11.8 Å². The van der Waals surface area contributed by atoms with Crippen LogP contribution in [-0.4, -0.2) is 60.0 Å².